The Labute approximate surface area is 152 Å². The molecule has 0 saturated heterocycles. The third-order valence-electron chi connectivity index (χ3n) is 3.51. The number of nitrogens with zero attached hydrogens (tertiary/aromatic N) is 1. The number of nitrogens with one attached hydrogen (secondary N) is 2. The quantitative estimate of drug-likeness (QED) is 0.786. The van der Waals surface area contributed by atoms with Crippen LogP contribution in [0, 0.1) is 0 Å². The van der Waals surface area contributed by atoms with Crippen molar-refractivity contribution in [2.24, 2.45) is 0 Å². The van der Waals surface area contributed by atoms with Crippen LogP contribution in [-0.4, -0.2) is 24.7 Å². The molecule has 0 fully saturated rings. The molecule has 1 unspecified atom stereocenters. The lowest BCUT2D eigenvalue weighted by atomic mass is 10.2. The number of amides is 2. The fourth-order valence-electron chi connectivity index (χ4n) is 2.30. The van der Waals surface area contributed by atoms with E-state index in [0.717, 1.165) is 11.3 Å². The highest BCUT2D eigenvalue weighted by Crippen LogP contribution is 2.36. The Kier molecular flexibility index (Phi) is 6.89. The van der Waals surface area contributed by atoms with E-state index in [2.05, 4.69) is 15.6 Å². The minimum Gasteiger partial charge on any atom is -0.493 e. The Morgan fingerprint density at radius 2 is 2.16 bits per heavy atom. The molecule has 1 aromatic carbocycles. The second kappa shape index (κ2) is 9.13. The lowest BCUT2D eigenvalue weighted by Crippen LogP contribution is -2.36. The van der Waals surface area contributed by atoms with E-state index in [1.54, 1.807) is 25.4 Å². The normalized spacial score (nSPS) is 11.5. The van der Waals surface area contributed by atoms with Crippen LogP contribution >= 0.6 is 11.6 Å². The van der Waals surface area contributed by atoms with Crippen LogP contribution in [0.15, 0.2) is 36.5 Å². The Bertz CT molecular complexity index is 710. The Hall–Kier alpha value is -2.47. The van der Waals surface area contributed by atoms with Crippen LogP contribution in [0.4, 0.5) is 4.79 Å². The number of methoxy groups -OCH3 is 1. The van der Waals surface area contributed by atoms with Crippen LogP contribution < -0.4 is 20.1 Å². The van der Waals surface area contributed by atoms with Gasteiger partial charge in [0.15, 0.2) is 11.5 Å². The van der Waals surface area contributed by atoms with Crippen molar-refractivity contribution in [2.45, 2.75) is 26.4 Å². The molecule has 0 spiro atoms. The predicted octanol–water partition coefficient (Wildman–Crippen LogP) is 3.70. The third-order valence-corrected chi connectivity index (χ3v) is 3.79. The number of pyridine rings is 1. The number of hydrogen-bond donors (Lipinski definition) is 2. The monoisotopic (exact) mass is 363 g/mol. The molecule has 134 valence electrons. The molecule has 1 atom stereocenters. The minimum absolute atomic E-state index is 0.195. The molecular formula is C18H22ClN3O3. The van der Waals surface area contributed by atoms with Crippen LogP contribution in [0.1, 0.15) is 31.1 Å². The first-order chi connectivity index (χ1) is 12.0. The molecule has 0 aliphatic rings. The van der Waals surface area contributed by atoms with Crippen molar-refractivity contribution in [1.82, 2.24) is 15.6 Å². The first kappa shape index (κ1) is 18.9. The Morgan fingerprint density at radius 3 is 2.80 bits per heavy atom. The highest BCUT2D eigenvalue weighted by Gasteiger charge is 2.13. The summed E-state index contributed by atoms with van der Waals surface area (Å²) in [4.78, 5) is 16.3. The number of ether oxygens (including phenoxy) is 2. The smallest absolute Gasteiger partial charge is 0.315 e. The molecule has 7 heteroatoms. The second-order valence-corrected chi connectivity index (χ2v) is 5.75. The van der Waals surface area contributed by atoms with E-state index in [1.807, 2.05) is 32.0 Å². The Balaban J connectivity index is 1.96. The first-order valence-corrected chi connectivity index (χ1v) is 8.37. The number of halogens is 1. The van der Waals surface area contributed by atoms with Gasteiger partial charge in [0.05, 0.1) is 30.5 Å². The molecule has 2 amide bonds. The van der Waals surface area contributed by atoms with Gasteiger partial charge in [-0.2, -0.15) is 0 Å². The third kappa shape index (κ3) is 5.26. The van der Waals surface area contributed by atoms with Gasteiger partial charge >= 0.3 is 6.03 Å². The van der Waals surface area contributed by atoms with Gasteiger partial charge in [-0.3, -0.25) is 4.98 Å². The van der Waals surface area contributed by atoms with Crippen LogP contribution in [-0.2, 0) is 6.54 Å². The summed E-state index contributed by atoms with van der Waals surface area (Å²) in [5, 5.41) is 6.08. The topological polar surface area (TPSA) is 72.5 Å². The summed E-state index contributed by atoms with van der Waals surface area (Å²) < 4.78 is 10.8. The van der Waals surface area contributed by atoms with Crippen molar-refractivity contribution in [3.63, 3.8) is 0 Å². The number of carbonyl (C=O) groups is 1. The SMILES string of the molecule is CCOc1c(Cl)cc(CNC(=O)NC(C)c2ccccn2)cc1OC. The maximum Gasteiger partial charge on any atom is 0.315 e. The molecule has 1 aromatic heterocycles. The lowest BCUT2D eigenvalue weighted by Gasteiger charge is -2.15. The average Bonchev–Trinajstić information content (AvgIpc) is 2.62. The summed E-state index contributed by atoms with van der Waals surface area (Å²) in [5.74, 6) is 1.04. The van der Waals surface area contributed by atoms with E-state index in [-0.39, 0.29) is 12.1 Å². The zero-order chi connectivity index (χ0) is 18.2. The average molecular weight is 364 g/mol. The molecule has 1 heterocycles. The van der Waals surface area contributed by atoms with Gasteiger partial charge < -0.3 is 20.1 Å². The molecule has 0 radical (unpaired) electrons. The van der Waals surface area contributed by atoms with Gasteiger partial charge in [0.2, 0.25) is 0 Å². The molecule has 25 heavy (non-hydrogen) atoms. The molecule has 0 saturated carbocycles. The molecule has 6 nitrogen and oxygen atoms in total. The van der Waals surface area contributed by atoms with Crippen molar-refractivity contribution < 1.29 is 14.3 Å². The van der Waals surface area contributed by atoms with Gasteiger partial charge in [-0.15, -0.1) is 0 Å². The van der Waals surface area contributed by atoms with E-state index >= 15 is 0 Å². The maximum atomic E-state index is 12.1. The molecular weight excluding hydrogens is 342 g/mol. The minimum atomic E-state index is -0.290. The van der Waals surface area contributed by atoms with Crippen LogP contribution in [0.25, 0.3) is 0 Å². The van der Waals surface area contributed by atoms with Gasteiger partial charge in [0.25, 0.3) is 0 Å². The highest BCUT2D eigenvalue weighted by molar-refractivity contribution is 6.32. The summed E-state index contributed by atoms with van der Waals surface area (Å²) in [6.07, 6.45) is 1.69. The number of urea groups is 1. The van der Waals surface area contributed by atoms with Gasteiger partial charge in [-0.1, -0.05) is 17.7 Å². The second-order valence-electron chi connectivity index (χ2n) is 5.35. The van der Waals surface area contributed by atoms with Crippen molar-refractivity contribution in [3.05, 3.63) is 52.8 Å². The summed E-state index contributed by atoms with van der Waals surface area (Å²) in [6.45, 7) is 4.54. The fourth-order valence-corrected chi connectivity index (χ4v) is 2.58. The van der Waals surface area contributed by atoms with E-state index < -0.39 is 0 Å². The predicted molar refractivity (Wildman–Crippen MR) is 97.2 cm³/mol. The van der Waals surface area contributed by atoms with Crippen LogP contribution in [0.3, 0.4) is 0 Å². The number of hydrogen-bond acceptors (Lipinski definition) is 4. The number of aromatic nitrogens is 1. The number of rotatable bonds is 7. The molecule has 0 aliphatic carbocycles. The first-order valence-electron chi connectivity index (χ1n) is 7.99. The molecule has 0 bridgehead atoms. The summed E-state index contributed by atoms with van der Waals surface area (Å²) in [6, 6.07) is 8.63. The highest BCUT2D eigenvalue weighted by atomic mass is 35.5. The molecule has 0 aliphatic heterocycles. The van der Waals surface area contributed by atoms with E-state index in [9.17, 15) is 4.79 Å². The van der Waals surface area contributed by atoms with E-state index in [4.69, 9.17) is 21.1 Å². The zero-order valence-electron chi connectivity index (χ0n) is 14.5. The largest absolute Gasteiger partial charge is 0.493 e. The summed E-state index contributed by atoms with van der Waals surface area (Å²) in [5.41, 5.74) is 1.61. The van der Waals surface area contributed by atoms with Crippen LogP contribution in [0.5, 0.6) is 11.5 Å². The maximum absolute atomic E-state index is 12.1. The number of carbonyl (C=O) groups excluding carboxylic acids is 1. The molecule has 2 aromatic rings. The zero-order valence-corrected chi connectivity index (χ0v) is 15.3. The molecule has 2 N–H and O–H groups in total. The summed E-state index contributed by atoms with van der Waals surface area (Å²) >= 11 is 6.23. The van der Waals surface area contributed by atoms with Crippen molar-refractivity contribution in [2.75, 3.05) is 13.7 Å². The van der Waals surface area contributed by atoms with Gasteiger partial charge in [-0.25, -0.2) is 4.79 Å². The van der Waals surface area contributed by atoms with Crippen molar-refractivity contribution in [1.29, 1.82) is 0 Å². The molecule has 2 rings (SSSR count). The fraction of sp³-hybridized carbons (Fsp3) is 0.333. The van der Waals surface area contributed by atoms with Gasteiger partial charge in [-0.05, 0) is 43.7 Å². The summed E-state index contributed by atoms with van der Waals surface area (Å²) in [7, 11) is 1.55. The number of benzene rings is 1. The Morgan fingerprint density at radius 1 is 1.36 bits per heavy atom. The standard InChI is InChI=1S/C18H22ClN3O3/c1-4-25-17-14(19)9-13(10-16(17)24-3)11-21-18(23)22-12(2)15-7-5-6-8-20-15/h5-10,12H,4,11H2,1-3H3,(H2,21,22,23). The van der Waals surface area contributed by atoms with Gasteiger partial charge in [0, 0.05) is 12.7 Å². The van der Waals surface area contributed by atoms with E-state index in [1.165, 1.54) is 0 Å². The van der Waals surface area contributed by atoms with Crippen molar-refractivity contribution >= 4 is 17.6 Å². The van der Waals surface area contributed by atoms with Crippen LogP contribution in [0.2, 0.25) is 5.02 Å². The van der Waals surface area contributed by atoms with E-state index in [0.29, 0.717) is 29.7 Å². The van der Waals surface area contributed by atoms with Gasteiger partial charge in [0.1, 0.15) is 0 Å². The lowest BCUT2D eigenvalue weighted by molar-refractivity contribution is 0.237. The van der Waals surface area contributed by atoms with Crippen molar-refractivity contribution in [3.8, 4) is 11.5 Å².